The molecule has 0 aliphatic rings. The van der Waals surface area contributed by atoms with Gasteiger partial charge in [-0.3, -0.25) is 0 Å². The van der Waals surface area contributed by atoms with Crippen molar-refractivity contribution in [1.82, 2.24) is 4.72 Å². The molecule has 0 radical (unpaired) electrons. The van der Waals surface area contributed by atoms with Gasteiger partial charge in [-0.05, 0) is 24.6 Å². The van der Waals surface area contributed by atoms with Gasteiger partial charge in [-0.1, -0.05) is 19.8 Å². The molecule has 0 fully saturated rings. The minimum Gasteiger partial charge on any atom is -0.465 e. The first kappa shape index (κ1) is 21.1. The average Bonchev–Trinajstić information content (AvgIpc) is 2.63. The van der Waals surface area contributed by atoms with Gasteiger partial charge in [0.15, 0.2) is 0 Å². The van der Waals surface area contributed by atoms with E-state index >= 15 is 0 Å². The van der Waals surface area contributed by atoms with E-state index in [0.717, 1.165) is 26.0 Å². The number of nitrogens with one attached hydrogen (secondary N) is 1. The lowest BCUT2D eigenvalue weighted by atomic mass is 10.1. The van der Waals surface area contributed by atoms with E-state index < -0.39 is 28.0 Å². The Bertz CT molecular complexity index is 717. The zero-order chi connectivity index (χ0) is 19.0. The second kappa shape index (κ2) is 9.50. The lowest BCUT2D eigenvalue weighted by Crippen LogP contribution is -2.40. The van der Waals surface area contributed by atoms with Crippen LogP contribution in [0.1, 0.15) is 46.9 Å². The summed E-state index contributed by atoms with van der Waals surface area (Å²) in [5.41, 5.74) is 5.47. The standard InChI is InChI=1S/C16H24N2O6S/c1-4-5-6-12(10-17)18-25(21,22)14-9-11(15(19)23-2)7-8-13(14)16(20)24-3/h7-9,12,18H,4-6,10,17H2,1-3H3. The van der Waals surface area contributed by atoms with Gasteiger partial charge in [0, 0.05) is 12.6 Å². The van der Waals surface area contributed by atoms with Crippen molar-refractivity contribution in [3.63, 3.8) is 0 Å². The third-order valence-corrected chi connectivity index (χ3v) is 5.17. The first-order chi connectivity index (χ1) is 11.8. The molecule has 1 aromatic rings. The summed E-state index contributed by atoms with van der Waals surface area (Å²) in [5, 5.41) is 0. The number of nitrogens with two attached hydrogens (primary N) is 1. The molecule has 0 saturated heterocycles. The van der Waals surface area contributed by atoms with Crippen LogP contribution >= 0.6 is 0 Å². The fourth-order valence-corrected chi connectivity index (χ4v) is 3.73. The lowest BCUT2D eigenvalue weighted by Gasteiger charge is -2.18. The summed E-state index contributed by atoms with van der Waals surface area (Å²) in [6, 6.07) is 3.13. The molecule has 1 rings (SSSR count). The molecule has 0 aliphatic carbocycles. The van der Waals surface area contributed by atoms with Gasteiger partial charge >= 0.3 is 11.9 Å². The largest absolute Gasteiger partial charge is 0.465 e. The minimum atomic E-state index is -4.09. The molecule has 3 N–H and O–H groups in total. The molecule has 25 heavy (non-hydrogen) atoms. The number of ether oxygens (including phenoxy) is 2. The minimum absolute atomic E-state index is 0.00776. The fraction of sp³-hybridized carbons (Fsp3) is 0.500. The maximum absolute atomic E-state index is 12.7. The van der Waals surface area contributed by atoms with E-state index in [1.165, 1.54) is 19.2 Å². The maximum Gasteiger partial charge on any atom is 0.339 e. The van der Waals surface area contributed by atoms with Crippen LogP contribution in [0.2, 0.25) is 0 Å². The van der Waals surface area contributed by atoms with Crippen molar-refractivity contribution in [2.45, 2.75) is 37.1 Å². The van der Waals surface area contributed by atoms with E-state index in [9.17, 15) is 18.0 Å². The third kappa shape index (κ3) is 5.52. The first-order valence-electron chi connectivity index (χ1n) is 7.83. The Morgan fingerprint density at radius 3 is 2.36 bits per heavy atom. The van der Waals surface area contributed by atoms with Crippen LogP contribution in [0.25, 0.3) is 0 Å². The molecular weight excluding hydrogens is 348 g/mol. The highest BCUT2D eigenvalue weighted by atomic mass is 32.2. The summed E-state index contributed by atoms with van der Waals surface area (Å²) in [4.78, 5) is 23.2. The molecule has 0 saturated carbocycles. The number of carbonyl (C=O) groups is 2. The topological polar surface area (TPSA) is 125 Å². The van der Waals surface area contributed by atoms with E-state index in [4.69, 9.17) is 5.73 Å². The van der Waals surface area contributed by atoms with Crippen molar-refractivity contribution in [1.29, 1.82) is 0 Å². The van der Waals surface area contributed by atoms with Gasteiger partial charge < -0.3 is 15.2 Å². The molecule has 0 aromatic heterocycles. The predicted molar refractivity (Wildman–Crippen MR) is 91.8 cm³/mol. The van der Waals surface area contributed by atoms with Crippen molar-refractivity contribution in [3.8, 4) is 0 Å². The molecule has 0 aliphatic heterocycles. The van der Waals surface area contributed by atoms with Gasteiger partial charge in [0.2, 0.25) is 10.0 Å². The van der Waals surface area contributed by atoms with Crippen LogP contribution < -0.4 is 10.5 Å². The zero-order valence-corrected chi connectivity index (χ0v) is 15.4. The van der Waals surface area contributed by atoms with Crippen LogP contribution in [0.4, 0.5) is 0 Å². The Morgan fingerprint density at radius 2 is 1.84 bits per heavy atom. The Morgan fingerprint density at radius 1 is 1.20 bits per heavy atom. The highest BCUT2D eigenvalue weighted by molar-refractivity contribution is 7.89. The van der Waals surface area contributed by atoms with Crippen molar-refractivity contribution in [3.05, 3.63) is 29.3 Å². The number of sulfonamides is 1. The van der Waals surface area contributed by atoms with Crippen molar-refractivity contribution in [2.24, 2.45) is 5.73 Å². The molecule has 0 amide bonds. The number of hydrogen-bond acceptors (Lipinski definition) is 7. The summed E-state index contributed by atoms with van der Waals surface area (Å²) < 4.78 is 37.2. The van der Waals surface area contributed by atoms with Crippen molar-refractivity contribution < 1.29 is 27.5 Å². The van der Waals surface area contributed by atoms with Crippen LogP contribution in [0.5, 0.6) is 0 Å². The van der Waals surface area contributed by atoms with E-state index in [-0.39, 0.29) is 22.6 Å². The van der Waals surface area contributed by atoms with Crippen LogP contribution in [0, 0.1) is 0 Å². The predicted octanol–water partition coefficient (Wildman–Crippen LogP) is 1.06. The number of carbonyl (C=O) groups excluding carboxylic acids is 2. The number of hydrogen-bond donors (Lipinski definition) is 2. The number of benzene rings is 1. The normalized spacial score (nSPS) is 12.5. The average molecular weight is 372 g/mol. The molecule has 1 unspecified atom stereocenters. The number of unbranched alkanes of at least 4 members (excludes halogenated alkanes) is 1. The van der Waals surface area contributed by atoms with E-state index in [1.807, 2.05) is 6.92 Å². The van der Waals surface area contributed by atoms with Gasteiger partial charge in [0.25, 0.3) is 0 Å². The van der Waals surface area contributed by atoms with Gasteiger partial charge in [-0.15, -0.1) is 0 Å². The van der Waals surface area contributed by atoms with Crippen LogP contribution in [-0.4, -0.2) is 47.2 Å². The molecule has 0 heterocycles. The zero-order valence-electron chi connectivity index (χ0n) is 14.6. The molecule has 9 heteroatoms. The van der Waals surface area contributed by atoms with E-state index in [2.05, 4.69) is 14.2 Å². The third-order valence-electron chi connectivity index (χ3n) is 3.61. The number of esters is 2. The highest BCUT2D eigenvalue weighted by Gasteiger charge is 2.27. The monoisotopic (exact) mass is 372 g/mol. The Labute approximate surface area is 147 Å². The Hall–Kier alpha value is -1.97. The van der Waals surface area contributed by atoms with Crippen molar-refractivity contribution in [2.75, 3.05) is 20.8 Å². The SMILES string of the molecule is CCCCC(CN)NS(=O)(=O)c1cc(C(=O)OC)ccc1C(=O)OC. The quantitative estimate of drug-likeness (QED) is 0.621. The smallest absolute Gasteiger partial charge is 0.339 e. The highest BCUT2D eigenvalue weighted by Crippen LogP contribution is 2.20. The van der Waals surface area contributed by atoms with E-state index in [1.54, 1.807) is 0 Å². The van der Waals surface area contributed by atoms with Crippen molar-refractivity contribution >= 4 is 22.0 Å². The lowest BCUT2D eigenvalue weighted by molar-refractivity contribution is 0.0583. The van der Waals surface area contributed by atoms with E-state index in [0.29, 0.717) is 6.42 Å². The van der Waals surface area contributed by atoms with Gasteiger partial charge in [0.05, 0.1) is 30.2 Å². The molecule has 1 aromatic carbocycles. The fourth-order valence-electron chi connectivity index (χ4n) is 2.23. The first-order valence-corrected chi connectivity index (χ1v) is 9.32. The summed E-state index contributed by atoms with van der Waals surface area (Å²) in [6.07, 6.45) is 2.26. The van der Waals surface area contributed by atoms with Crippen LogP contribution in [0.15, 0.2) is 23.1 Å². The molecule has 8 nitrogen and oxygen atoms in total. The summed E-state index contributed by atoms with van der Waals surface area (Å²) in [7, 11) is -1.77. The second-order valence-electron chi connectivity index (χ2n) is 5.39. The molecule has 0 bridgehead atoms. The van der Waals surface area contributed by atoms with Gasteiger partial charge in [-0.2, -0.15) is 0 Å². The second-order valence-corrected chi connectivity index (χ2v) is 7.07. The molecule has 1 atom stereocenters. The Balaban J connectivity index is 3.33. The summed E-state index contributed by atoms with van der Waals surface area (Å²) >= 11 is 0. The Kier molecular flexibility index (Phi) is 8.01. The van der Waals surface area contributed by atoms with Gasteiger partial charge in [0.1, 0.15) is 0 Å². The summed E-state index contributed by atoms with van der Waals surface area (Å²) in [5.74, 6) is -1.54. The number of rotatable bonds is 9. The molecule has 0 spiro atoms. The molecule has 140 valence electrons. The maximum atomic E-state index is 12.7. The molecular formula is C16H24N2O6S. The summed E-state index contributed by atoms with van der Waals surface area (Å²) in [6.45, 7) is 2.10. The van der Waals surface area contributed by atoms with Crippen LogP contribution in [-0.2, 0) is 19.5 Å². The van der Waals surface area contributed by atoms with Gasteiger partial charge in [-0.25, -0.2) is 22.7 Å². The number of methoxy groups -OCH3 is 2. The van der Waals surface area contributed by atoms with Crippen LogP contribution in [0.3, 0.4) is 0 Å².